The van der Waals surface area contributed by atoms with E-state index in [1.807, 2.05) is 12.1 Å². The lowest BCUT2D eigenvalue weighted by atomic mass is 9.83. The lowest BCUT2D eigenvalue weighted by Crippen LogP contribution is -2.27. The molecule has 0 spiro atoms. The van der Waals surface area contributed by atoms with E-state index in [0.29, 0.717) is 0 Å². The van der Waals surface area contributed by atoms with Crippen LogP contribution >= 0.6 is 0 Å². The molecule has 1 atom stereocenters. The van der Waals surface area contributed by atoms with Gasteiger partial charge in [-0.2, -0.15) is 5.26 Å². The molecule has 28 heavy (non-hydrogen) atoms. The van der Waals surface area contributed by atoms with Crippen molar-refractivity contribution in [1.29, 1.82) is 5.26 Å². The lowest BCUT2D eigenvalue weighted by Gasteiger charge is -2.27. The standard InChI is InChI=1S/C21H16F2N2O3/c1-12-16(10-24)18(15-9-14(22)7-8-17(15)23)19(20(25)28-12)21(26)27-11-13-5-3-2-4-6-13/h2-9,18H,11,25H2,1H3/t18-/m1/s1. The second-order valence-corrected chi connectivity index (χ2v) is 6.12. The highest BCUT2D eigenvalue weighted by atomic mass is 19.1. The molecule has 0 saturated heterocycles. The summed E-state index contributed by atoms with van der Waals surface area (Å²) in [5.41, 5.74) is 6.10. The molecule has 2 aromatic rings. The molecule has 3 rings (SSSR count). The number of hydrogen-bond acceptors (Lipinski definition) is 5. The fourth-order valence-corrected chi connectivity index (χ4v) is 2.97. The van der Waals surface area contributed by atoms with Gasteiger partial charge in [-0.15, -0.1) is 0 Å². The van der Waals surface area contributed by atoms with Gasteiger partial charge in [-0.05, 0) is 30.7 Å². The van der Waals surface area contributed by atoms with E-state index >= 15 is 0 Å². The van der Waals surface area contributed by atoms with Crippen molar-refractivity contribution in [3.05, 3.63) is 94.1 Å². The Morgan fingerprint density at radius 3 is 2.64 bits per heavy atom. The fourth-order valence-electron chi connectivity index (χ4n) is 2.97. The van der Waals surface area contributed by atoms with Crippen LogP contribution in [0.2, 0.25) is 0 Å². The predicted molar refractivity (Wildman–Crippen MR) is 95.9 cm³/mol. The van der Waals surface area contributed by atoms with Gasteiger partial charge < -0.3 is 15.2 Å². The normalized spacial score (nSPS) is 16.4. The number of nitriles is 1. The van der Waals surface area contributed by atoms with Crippen molar-refractivity contribution in [3.8, 4) is 6.07 Å². The van der Waals surface area contributed by atoms with Gasteiger partial charge in [0.1, 0.15) is 29.6 Å². The minimum atomic E-state index is -1.24. The van der Waals surface area contributed by atoms with Crippen molar-refractivity contribution in [2.24, 2.45) is 5.73 Å². The number of ether oxygens (including phenoxy) is 2. The molecule has 5 nitrogen and oxygen atoms in total. The highest BCUT2D eigenvalue weighted by Gasteiger charge is 2.38. The predicted octanol–water partition coefficient (Wildman–Crippen LogP) is 3.79. The number of allylic oxidation sites excluding steroid dienone is 2. The molecule has 0 saturated carbocycles. The van der Waals surface area contributed by atoms with Gasteiger partial charge in [-0.3, -0.25) is 0 Å². The van der Waals surface area contributed by atoms with Gasteiger partial charge in [0.15, 0.2) is 0 Å². The van der Waals surface area contributed by atoms with E-state index in [4.69, 9.17) is 15.2 Å². The third-order valence-electron chi connectivity index (χ3n) is 4.31. The number of benzene rings is 2. The van der Waals surface area contributed by atoms with E-state index in [1.165, 1.54) is 6.92 Å². The van der Waals surface area contributed by atoms with Crippen LogP contribution in [0.3, 0.4) is 0 Å². The maximum Gasteiger partial charge on any atom is 0.340 e. The molecule has 0 amide bonds. The largest absolute Gasteiger partial charge is 0.457 e. The first-order valence-corrected chi connectivity index (χ1v) is 8.36. The van der Waals surface area contributed by atoms with Crippen molar-refractivity contribution in [1.82, 2.24) is 0 Å². The molecule has 7 heteroatoms. The van der Waals surface area contributed by atoms with Gasteiger partial charge in [0, 0.05) is 5.56 Å². The monoisotopic (exact) mass is 382 g/mol. The topological polar surface area (TPSA) is 85.3 Å². The van der Waals surface area contributed by atoms with Crippen LogP contribution in [0.5, 0.6) is 0 Å². The van der Waals surface area contributed by atoms with Gasteiger partial charge in [-0.1, -0.05) is 30.3 Å². The number of halogens is 2. The number of carbonyl (C=O) groups excluding carboxylic acids is 1. The fraction of sp³-hybridized carbons (Fsp3) is 0.143. The van der Waals surface area contributed by atoms with Crippen LogP contribution in [0.1, 0.15) is 24.0 Å². The molecular weight excluding hydrogens is 366 g/mol. The maximum absolute atomic E-state index is 14.5. The Bertz CT molecular complexity index is 1020. The summed E-state index contributed by atoms with van der Waals surface area (Å²) in [4.78, 5) is 12.7. The summed E-state index contributed by atoms with van der Waals surface area (Å²) < 4.78 is 38.8. The van der Waals surface area contributed by atoms with Crippen molar-refractivity contribution in [2.75, 3.05) is 0 Å². The Morgan fingerprint density at radius 1 is 1.25 bits per heavy atom. The third kappa shape index (κ3) is 3.71. The molecule has 1 aliphatic heterocycles. The minimum absolute atomic E-state index is 0.0506. The molecule has 1 aliphatic rings. The van der Waals surface area contributed by atoms with Crippen molar-refractivity contribution in [3.63, 3.8) is 0 Å². The maximum atomic E-state index is 14.5. The summed E-state index contributed by atoms with van der Waals surface area (Å²) in [6, 6.07) is 13.6. The quantitative estimate of drug-likeness (QED) is 0.813. The molecule has 1 heterocycles. The zero-order valence-corrected chi connectivity index (χ0v) is 14.9. The summed E-state index contributed by atoms with van der Waals surface area (Å²) >= 11 is 0. The van der Waals surface area contributed by atoms with Gasteiger partial charge in [0.25, 0.3) is 0 Å². The number of esters is 1. The van der Waals surface area contributed by atoms with Crippen molar-refractivity contribution in [2.45, 2.75) is 19.4 Å². The van der Waals surface area contributed by atoms with Crippen LogP contribution < -0.4 is 5.73 Å². The summed E-state index contributed by atoms with van der Waals surface area (Å²) in [5, 5.41) is 9.53. The Hall–Kier alpha value is -3.66. The third-order valence-corrected chi connectivity index (χ3v) is 4.31. The number of hydrogen-bond donors (Lipinski definition) is 1. The molecule has 0 radical (unpaired) electrons. The second kappa shape index (κ2) is 7.92. The van der Waals surface area contributed by atoms with Crippen LogP contribution in [-0.2, 0) is 20.9 Å². The van der Waals surface area contributed by atoms with E-state index in [1.54, 1.807) is 24.3 Å². The van der Waals surface area contributed by atoms with E-state index < -0.39 is 23.5 Å². The number of rotatable bonds is 4. The average Bonchev–Trinajstić information content (AvgIpc) is 2.68. The number of carbonyl (C=O) groups is 1. The van der Waals surface area contributed by atoms with E-state index in [-0.39, 0.29) is 35.0 Å². The smallest absolute Gasteiger partial charge is 0.340 e. The second-order valence-electron chi connectivity index (χ2n) is 6.12. The Balaban J connectivity index is 2.01. The average molecular weight is 382 g/mol. The first kappa shape index (κ1) is 19.1. The zero-order valence-electron chi connectivity index (χ0n) is 14.9. The molecule has 0 fully saturated rings. The van der Waals surface area contributed by atoms with Crippen LogP contribution in [0.4, 0.5) is 8.78 Å². The first-order chi connectivity index (χ1) is 13.4. The van der Waals surface area contributed by atoms with E-state index in [9.17, 15) is 18.8 Å². The minimum Gasteiger partial charge on any atom is -0.457 e. The molecule has 142 valence electrons. The highest BCUT2D eigenvalue weighted by molar-refractivity contribution is 5.92. The summed E-state index contributed by atoms with van der Waals surface area (Å²) in [7, 11) is 0. The Labute approximate surface area is 160 Å². The van der Waals surface area contributed by atoms with Gasteiger partial charge in [0.05, 0.1) is 17.6 Å². The summed E-state index contributed by atoms with van der Waals surface area (Å²) in [6.07, 6.45) is 0. The number of nitrogens with two attached hydrogens (primary N) is 1. The summed E-state index contributed by atoms with van der Waals surface area (Å²) in [6.45, 7) is 1.40. The lowest BCUT2D eigenvalue weighted by molar-refractivity contribution is -0.140. The van der Waals surface area contributed by atoms with Crippen LogP contribution in [-0.4, -0.2) is 5.97 Å². The molecule has 0 unspecified atom stereocenters. The molecule has 2 N–H and O–H groups in total. The molecule has 0 aromatic heterocycles. The Kier molecular flexibility index (Phi) is 5.41. The van der Waals surface area contributed by atoms with Crippen LogP contribution in [0.15, 0.2) is 71.3 Å². The highest BCUT2D eigenvalue weighted by Crippen LogP contribution is 2.40. The van der Waals surface area contributed by atoms with Crippen LogP contribution in [0.25, 0.3) is 0 Å². The zero-order chi connectivity index (χ0) is 20.3. The van der Waals surface area contributed by atoms with Gasteiger partial charge in [-0.25, -0.2) is 13.6 Å². The van der Waals surface area contributed by atoms with Crippen molar-refractivity contribution < 1.29 is 23.0 Å². The van der Waals surface area contributed by atoms with Gasteiger partial charge in [0.2, 0.25) is 5.88 Å². The van der Waals surface area contributed by atoms with Crippen molar-refractivity contribution >= 4 is 5.97 Å². The van der Waals surface area contributed by atoms with Gasteiger partial charge >= 0.3 is 5.97 Å². The SMILES string of the molecule is CC1=C(C#N)[C@@H](c2cc(F)ccc2F)C(C(=O)OCc2ccccc2)=C(N)O1. The molecular formula is C21H16F2N2O3. The van der Waals surface area contributed by atoms with Crippen LogP contribution in [0, 0.1) is 23.0 Å². The van der Waals surface area contributed by atoms with E-state index in [2.05, 4.69) is 0 Å². The molecule has 2 aromatic carbocycles. The molecule has 0 aliphatic carbocycles. The van der Waals surface area contributed by atoms with E-state index in [0.717, 1.165) is 23.8 Å². The summed E-state index contributed by atoms with van der Waals surface area (Å²) in [5.74, 6) is -3.83. The molecule has 0 bridgehead atoms. The Morgan fingerprint density at radius 2 is 1.96 bits per heavy atom. The number of nitrogens with zero attached hydrogens (tertiary/aromatic N) is 1. The first-order valence-electron chi connectivity index (χ1n) is 8.36.